The Kier molecular flexibility index (Phi) is 11.0. The van der Waals surface area contributed by atoms with Crippen LogP contribution in [0.3, 0.4) is 0 Å². The van der Waals surface area contributed by atoms with Gasteiger partial charge in [-0.25, -0.2) is 8.42 Å². The lowest BCUT2D eigenvalue weighted by Crippen LogP contribution is -2.53. The fourth-order valence-corrected chi connectivity index (χ4v) is 6.06. The fourth-order valence-electron chi connectivity index (χ4n) is 4.17. The molecule has 0 heterocycles. The number of aryl methyl sites for hydroxylation is 1. The molecule has 214 valence electrons. The molecule has 0 spiro atoms. The highest BCUT2D eigenvalue weighted by Crippen LogP contribution is 2.35. The number of halogens is 2. The SMILES string of the molecule is CC[C@H](C(=O)N[C@@H](C)CC)N(Cc1ccc(C)cc1)C(=O)CN(c1cccc(Cl)c1Cl)S(=O)(=O)c1ccccc1. The van der Waals surface area contributed by atoms with E-state index in [-0.39, 0.29) is 39.1 Å². The molecule has 0 saturated heterocycles. The molecular formula is C30H35Cl2N3O4S. The van der Waals surface area contributed by atoms with Gasteiger partial charge in [0.1, 0.15) is 12.6 Å². The standard InChI is InChI=1S/C30H35Cl2N3O4S/c1-5-22(4)33-30(37)26(6-2)34(19-23-17-15-21(3)16-18-23)28(36)20-35(27-14-10-13-25(31)29(27)32)40(38,39)24-11-8-7-9-12-24/h7-18,22,26H,5-6,19-20H2,1-4H3,(H,33,37)/t22-,26+/m0/s1. The van der Waals surface area contributed by atoms with Crippen molar-refractivity contribution in [2.24, 2.45) is 0 Å². The largest absolute Gasteiger partial charge is 0.352 e. The van der Waals surface area contributed by atoms with E-state index in [0.717, 1.165) is 21.9 Å². The van der Waals surface area contributed by atoms with Crippen LogP contribution in [-0.4, -0.2) is 43.8 Å². The Morgan fingerprint density at radius 1 is 0.900 bits per heavy atom. The Morgan fingerprint density at radius 3 is 2.15 bits per heavy atom. The van der Waals surface area contributed by atoms with Crippen molar-refractivity contribution in [1.82, 2.24) is 10.2 Å². The molecule has 0 radical (unpaired) electrons. The van der Waals surface area contributed by atoms with E-state index in [1.54, 1.807) is 30.3 Å². The van der Waals surface area contributed by atoms with E-state index in [9.17, 15) is 18.0 Å². The van der Waals surface area contributed by atoms with Crippen molar-refractivity contribution in [3.63, 3.8) is 0 Å². The van der Waals surface area contributed by atoms with Gasteiger partial charge in [0.05, 0.1) is 20.6 Å². The van der Waals surface area contributed by atoms with Gasteiger partial charge in [-0.05, 0) is 56.5 Å². The van der Waals surface area contributed by atoms with Gasteiger partial charge in [0, 0.05) is 12.6 Å². The second-order valence-corrected chi connectivity index (χ2v) is 12.3. The third-order valence-corrected chi connectivity index (χ3v) is 9.25. The topological polar surface area (TPSA) is 86.8 Å². The molecule has 3 aromatic carbocycles. The molecule has 0 aliphatic rings. The van der Waals surface area contributed by atoms with Gasteiger partial charge in [-0.15, -0.1) is 0 Å². The maximum Gasteiger partial charge on any atom is 0.264 e. The van der Waals surface area contributed by atoms with Gasteiger partial charge in [0.2, 0.25) is 11.8 Å². The summed E-state index contributed by atoms with van der Waals surface area (Å²) in [7, 11) is -4.23. The number of sulfonamides is 1. The van der Waals surface area contributed by atoms with Crippen molar-refractivity contribution in [1.29, 1.82) is 0 Å². The first kappa shape index (κ1) is 31.5. The third-order valence-electron chi connectivity index (χ3n) is 6.67. The normalized spacial score (nSPS) is 12.8. The second-order valence-electron chi connectivity index (χ2n) is 9.65. The maximum atomic E-state index is 14.1. The molecule has 2 amide bonds. The van der Waals surface area contributed by atoms with Gasteiger partial charge in [0.15, 0.2) is 0 Å². The molecule has 3 rings (SSSR count). The molecule has 2 atom stereocenters. The molecule has 0 aliphatic heterocycles. The first-order valence-corrected chi connectivity index (χ1v) is 15.4. The predicted octanol–water partition coefficient (Wildman–Crippen LogP) is 6.22. The fraction of sp³-hybridized carbons (Fsp3) is 0.333. The minimum Gasteiger partial charge on any atom is -0.352 e. The van der Waals surface area contributed by atoms with Crippen molar-refractivity contribution in [2.75, 3.05) is 10.8 Å². The molecule has 10 heteroatoms. The lowest BCUT2D eigenvalue weighted by Gasteiger charge is -2.34. The Morgan fingerprint density at radius 2 is 1.55 bits per heavy atom. The van der Waals surface area contributed by atoms with E-state index in [1.807, 2.05) is 52.0 Å². The van der Waals surface area contributed by atoms with Crippen LogP contribution in [0.4, 0.5) is 5.69 Å². The number of carbonyl (C=O) groups is 2. The monoisotopic (exact) mass is 603 g/mol. The van der Waals surface area contributed by atoms with E-state index in [0.29, 0.717) is 6.42 Å². The minimum absolute atomic E-state index is 0.00288. The first-order chi connectivity index (χ1) is 19.0. The summed E-state index contributed by atoms with van der Waals surface area (Å²) in [5.74, 6) is -0.849. The summed E-state index contributed by atoms with van der Waals surface area (Å²) in [4.78, 5) is 28.9. The number of anilines is 1. The van der Waals surface area contributed by atoms with Crippen molar-refractivity contribution >= 4 is 50.7 Å². The van der Waals surface area contributed by atoms with E-state index >= 15 is 0 Å². The number of nitrogens with one attached hydrogen (secondary N) is 1. The van der Waals surface area contributed by atoms with Gasteiger partial charge in [-0.1, -0.05) is 91.1 Å². The third kappa shape index (κ3) is 7.56. The van der Waals surface area contributed by atoms with Crippen molar-refractivity contribution in [3.05, 3.63) is 94.0 Å². The van der Waals surface area contributed by atoms with E-state index in [1.165, 1.54) is 23.1 Å². The van der Waals surface area contributed by atoms with Crippen molar-refractivity contribution in [3.8, 4) is 0 Å². The number of rotatable bonds is 12. The van der Waals surface area contributed by atoms with Crippen LogP contribution in [-0.2, 0) is 26.2 Å². The Labute approximate surface area is 247 Å². The molecule has 0 aromatic heterocycles. The average molecular weight is 605 g/mol. The highest BCUT2D eigenvalue weighted by atomic mass is 35.5. The first-order valence-electron chi connectivity index (χ1n) is 13.2. The number of benzene rings is 3. The minimum atomic E-state index is -4.23. The van der Waals surface area contributed by atoms with Crippen LogP contribution in [0.25, 0.3) is 0 Å². The summed E-state index contributed by atoms with van der Waals surface area (Å²) in [5, 5.41) is 3.12. The number of hydrogen-bond donors (Lipinski definition) is 1. The van der Waals surface area contributed by atoms with E-state index in [4.69, 9.17) is 23.2 Å². The highest BCUT2D eigenvalue weighted by Gasteiger charge is 2.34. The Hall–Kier alpha value is -3.07. The van der Waals surface area contributed by atoms with Gasteiger partial charge in [0.25, 0.3) is 10.0 Å². The van der Waals surface area contributed by atoms with Crippen LogP contribution in [0.1, 0.15) is 44.7 Å². The molecule has 0 unspecified atom stereocenters. The van der Waals surface area contributed by atoms with Crippen LogP contribution in [0.2, 0.25) is 10.0 Å². The molecule has 0 saturated carbocycles. The molecule has 1 N–H and O–H groups in total. The van der Waals surface area contributed by atoms with Gasteiger partial charge >= 0.3 is 0 Å². The van der Waals surface area contributed by atoms with Crippen LogP contribution < -0.4 is 9.62 Å². The van der Waals surface area contributed by atoms with Crippen LogP contribution in [0, 0.1) is 6.92 Å². The highest BCUT2D eigenvalue weighted by molar-refractivity contribution is 7.92. The summed E-state index contributed by atoms with van der Waals surface area (Å²) in [5.41, 5.74) is 1.93. The summed E-state index contributed by atoms with van der Waals surface area (Å²) in [6.45, 7) is 7.17. The van der Waals surface area contributed by atoms with Crippen LogP contribution in [0.15, 0.2) is 77.7 Å². The molecule has 3 aromatic rings. The summed E-state index contributed by atoms with van der Waals surface area (Å²) in [6, 6.07) is 19.1. The van der Waals surface area contributed by atoms with Crippen LogP contribution >= 0.6 is 23.2 Å². The molecule has 7 nitrogen and oxygen atoms in total. The predicted molar refractivity (Wildman–Crippen MR) is 161 cm³/mol. The number of carbonyl (C=O) groups excluding carboxylic acids is 2. The number of nitrogens with zero attached hydrogens (tertiary/aromatic N) is 2. The lowest BCUT2D eigenvalue weighted by molar-refractivity contribution is -0.140. The number of hydrogen-bond acceptors (Lipinski definition) is 4. The van der Waals surface area contributed by atoms with Gasteiger partial charge < -0.3 is 10.2 Å². The quantitative estimate of drug-likeness (QED) is 0.266. The maximum absolute atomic E-state index is 14.1. The molecule has 0 fully saturated rings. The van der Waals surface area contributed by atoms with Crippen molar-refractivity contribution < 1.29 is 18.0 Å². The summed E-state index contributed by atoms with van der Waals surface area (Å²) >= 11 is 12.7. The van der Waals surface area contributed by atoms with E-state index in [2.05, 4.69) is 5.32 Å². The Bertz CT molecular complexity index is 1420. The lowest BCUT2D eigenvalue weighted by atomic mass is 10.1. The van der Waals surface area contributed by atoms with Gasteiger partial charge in [-0.3, -0.25) is 13.9 Å². The molecule has 0 aliphatic carbocycles. The van der Waals surface area contributed by atoms with Crippen LogP contribution in [0.5, 0.6) is 0 Å². The zero-order chi connectivity index (χ0) is 29.4. The molecule has 0 bridgehead atoms. The summed E-state index contributed by atoms with van der Waals surface area (Å²) < 4.78 is 28.7. The zero-order valence-electron chi connectivity index (χ0n) is 23.1. The van der Waals surface area contributed by atoms with Crippen molar-refractivity contribution in [2.45, 2.75) is 64.1 Å². The Balaban J connectivity index is 2.08. The second kappa shape index (κ2) is 14.0. The average Bonchev–Trinajstić information content (AvgIpc) is 2.94. The zero-order valence-corrected chi connectivity index (χ0v) is 25.4. The molecular weight excluding hydrogens is 569 g/mol. The smallest absolute Gasteiger partial charge is 0.264 e. The summed E-state index contributed by atoms with van der Waals surface area (Å²) in [6.07, 6.45) is 1.06. The van der Waals surface area contributed by atoms with Gasteiger partial charge in [-0.2, -0.15) is 0 Å². The molecule has 40 heavy (non-hydrogen) atoms. The van der Waals surface area contributed by atoms with E-state index < -0.39 is 28.5 Å². The number of amides is 2.